The van der Waals surface area contributed by atoms with E-state index in [1.807, 2.05) is 13.8 Å². The van der Waals surface area contributed by atoms with Crippen molar-refractivity contribution in [3.63, 3.8) is 0 Å². The molecular formula is C28H31F2N3O4S. The molecule has 10 heteroatoms. The summed E-state index contributed by atoms with van der Waals surface area (Å²) in [5.74, 6) is -2.17. The summed E-state index contributed by atoms with van der Waals surface area (Å²) in [6.07, 6.45) is 0. The molecule has 0 saturated heterocycles. The summed E-state index contributed by atoms with van der Waals surface area (Å²) in [6.45, 7) is 4.76. The van der Waals surface area contributed by atoms with Crippen LogP contribution < -0.4 is 9.62 Å². The highest BCUT2D eigenvalue weighted by Gasteiger charge is 2.32. The number of nitrogens with one attached hydrogen (secondary N) is 1. The third-order valence-corrected chi connectivity index (χ3v) is 7.66. The Balaban J connectivity index is 2.00. The van der Waals surface area contributed by atoms with E-state index in [0.29, 0.717) is 6.54 Å². The maximum atomic E-state index is 14.5. The Bertz CT molecular complexity index is 1350. The van der Waals surface area contributed by atoms with Crippen molar-refractivity contribution in [2.45, 2.75) is 38.3 Å². The molecule has 38 heavy (non-hydrogen) atoms. The number of benzene rings is 3. The summed E-state index contributed by atoms with van der Waals surface area (Å²) < 4.78 is 56.2. The summed E-state index contributed by atoms with van der Waals surface area (Å²) in [7, 11) is -4.26. The fourth-order valence-electron chi connectivity index (χ4n) is 3.70. The first kappa shape index (κ1) is 28.8. The molecule has 3 rings (SSSR count). The summed E-state index contributed by atoms with van der Waals surface area (Å²) in [5.41, 5.74) is 0.231. The molecule has 2 amide bonds. The van der Waals surface area contributed by atoms with E-state index >= 15 is 0 Å². The molecule has 3 aromatic rings. The van der Waals surface area contributed by atoms with Crippen molar-refractivity contribution >= 4 is 27.5 Å². The Morgan fingerprint density at radius 2 is 1.47 bits per heavy atom. The SMILES string of the molecule is CC(C)CNC(=O)[C@H](C)N(Cc1ccccc1F)C(=O)CN(c1ccc(F)cc1)S(=O)(=O)c1ccccc1. The molecule has 1 atom stereocenters. The van der Waals surface area contributed by atoms with Gasteiger partial charge >= 0.3 is 0 Å². The van der Waals surface area contributed by atoms with E-state index in [1.165, 1.54) is 49.4 Å². The zero-order valence-corrected chi connectivity index (χ0v) is 22.3. The number of anilines is 1. The lowest BCUT2D eigenvalue weighted by atomic mass is 10.1. The van der Waals surface area contributed by atoms with Crippen molar-refractivity contribution < 1.29 is 26.8 Å². The quantitative estimate of drug-likeness (QED) is 0.390. The zero-order chi connectivity index (χ0) is 27.9. The maximum absolute atomic E-state index is 14.5. The molecule has 0 aliphatic rings. The van der Waals surface area contributed by atoms with Gasteiger partial charge in [-0.1, -0.05) is 50.2 Å². The average molecular weight is 544 g/mol. The fraction of sp³-hybridized carbons (Fsp3) is 0.286. The molecule has 0 unspecified atom stereocenters. The maximum Gasteiger partial charge on any atom is 0.264 e. The molecule has 3 aromatic carbocycles. The minimum absolute atomic E-state index is 0.0614. The number of hydrogen-bond acceptors (Lipinski definition) is 4. The van der Waals surface area contributed by atoms with Gasteiger partial charge in [-0.2, -0.15) is 0 Å². The van der Waals surface area contributed by atoms with Crippen LogP contribution >= 0.6 is 0 Å². The number of nitrogens with zero attached hydrogens (tertiary/aromatic N) is 2. The average Bonchev–Trinajstić information content (AvgIpc) is 2.90. The van der Waals surface area contributed by atoms with Crippen LogP contribution in [-0.2, 0) is 26.2 Å². The standard InChI is InChI=1S/C28H31F2N3O4S/c1-20(2)17-31-28(35)21(3)32(18-22-9-7-8-12-26(22)30)27(34)19-33(24-15-13-23(29)14-16-24)38(36,37)25-10-5-4-6-11-25/h4-16,20-21H,17-19H2,1-3H3,(H,31,35)/t21-/m0/s1. The van der Waals surface area contributed by atoms with E-state index in [4.69, 9.17) is 0 Å². The van der Waals surface area contributed by atoms with Gasteiger partial charge in [0.05, 0.1) is 10.6 Å². The normalized spacial score (nSPS) is 12.2. The third-order valence-electron chi connectivity index (χ3n) is 5.88. The number of amides is 2. The van der Waals surface area contributed by atoms with E-state index in [1.54, 1.807) is 24.3 Å². The Morgan fingerprint density at radius 1 is 0.868 bits per heavy atom. The molecule has 7 nitrogen and oxygen atoms in total. The zero-order valence-electron chi connectivity index (χ0n) is 21.5. The van der Waals surface area contributed by atoms with Crippen molar-refractivity contribution in [2.24, 2.45) is 5.92 Å². The minimum atomic E-state index is -4.26. The van der Waals surface area contributed by atoms with Crippen LogP contribution in [0.4, 0.5) is 14.5 Å². The van der Waals surface area contributed by atoms with Gasteiger partial charge in [-0.3, -0.25) is 13.9 Å². The van der Waals surface area contributed by atoms with Crippen LogP contribution in [0, 0.1) is 17.6 Å². The monoisotopic (exact) mass is 543 g/mol. The lowest BCUT2D eigenvalue weighted by molar-refractivity contribution is -0.139. The highest BCUT2D eigenvalue weighted by molar-refractivity contribution is 7.92. The van der Waals surface area contributed by atoms with Crippen molar-refractivity contribution in [1.82, 2.24) is 10.2 Å². The molecule has 0 bridgehead atoms. The third kappa shape index (κ3) is 7.16. The molecular weight excluding hydrogens is 512 g/mol. The van der Waals surface area contributed by atoms with Crippen molar-refractivity contribution in [1.29, 1.82) is 0 Å². The topological polar surface area (TPSA) is 86.8 Å². The van der Waals surface area contributed by atoms with Gasteiger partial charge in [-0.15, -0.1) is 0 Å². The largest absolute Gasteiger partial charge is 0.354 e. The summed E-state index contributed by atoms with van der Waals surface area (Å²) >= 11 is 0. The second kappa shape index (κ2) is 12.6. The van der Waals surface area contributed by atoms with Crippen LogP contribution in [0.5, 0.6) is 0 Å². The molecule has 0 radical (unpaired) electrons. The van der Waals surface area contributed by atoms with Gasteiger partial charge in [-0.05, 0) is 55.3 Å². The Hall–Kier alpha value is -3.79. The number of rotatable bonds is 11. The van der Waals surface area contributed by atoms with Crippen LogP contribution in [0.1, 0.15) is 26.3 Å². The Labute approximate surface area is 222 Å². The highest BCUT2D eigenvalue weighted by Crippen LogP contribution is 2.25. The van der Waals surface area contributed by atoms with E-state index < -0.39 is 46.1 Å². The predicted octanol–water partition coefficient (Wildman–Crippen LogP) is 4.35. The van der Waals surface area contributed by atoms with Gasteiger partial charge in [0.15, 0.2) is 0 Å². The first-order chi connectivity index (χ1) is 18.0. The Kier molecular flexibility index (Phi) is 9.57. The van der Waals surface area contributed by atoms with Crippen molar-refractivity contribution in [2.75, 3.05) is 17.4 Å². The number of sulfonamides is 1. The molecule has 0 aliphatic heterocycles. The molecule has 202 valence electrons. The van der Waals surface area contributed by atoms with Gasteiger partial charge in [0.25, 0.3) is 10.0 Å². The van der Waals surface area contributed by atoms with Crippen LogP contribution in [0.3, 0.4) is 0 Å². The number of carbonyl (C=O) groups is 2. The van der Waals surface area contributed by atoms with Crippen LogP contribution in [0.2, 0.25) is 0 Å². The fourth-order valence-corrected chi connectivity index (χ4v) is 5.14. The predicted molar refractivity (Wildman–Crippen MR) is 142 cm³/mol. The number of carbonyl (C=O) groups excluding carboxylic acids is 2. The van der Waals surface area contributed by atoms with Crippen LogP contribution in [-0.4, -0.2) is 44.3 Å². The van der Waals surface area contributed by atoms with Crippen LogP contribution in [0.25, 0.3) is 0 Å². The smallest absolute Gasteiger partial charge is 0.264 e. The van der Waals surface area contributed by atoms with Gasteiger partial charge in [0.2, 0.25) is 11.8 Å². The minimum Gasteiger partial charge on any atom is -0.354 e. The van der Waals surface area contributed by atoms with Gasteiger partial charge in [-0.25, -0.2) is 17.2 Å². The van der Waals surface area contributed by atoms with E-state index in [2.05, 4.69) is 5.32 Å². The second-order valence-electron chi connectivity index (χ2n) is 9.23. The van der Waals surface area contributed by atoms with Crippen LogP contribution in [0.15, 0.2) is 83.8 Å². The second-order valence-corrected chi connectivity index (χ2v) is 11.1. The van der Waals surface area contributed by atoms with Crippen molar-refractivity contribution in [3.8, 4) is 0 Å². The molecule has 0 aliphatic carbocycles. The first-order valence-corrected chi connectivity index (χ1v) is 13.6. The van der Waals surface area contributed by atoms with Gasteiger partial charge in [0.1, 0.15) is 24.2 Å². The van der Waals surface area contributed by atoms with Crippen molar-refractivity contribution in [3.05, 3.63) is 96.1 Å². The lowest BCUT2D eigenvalue weighted by Crippen LogP contribution is -2.51. The lowest BCUT2D eigenvalue weighted by Gasteiger charge is -2.32. The molecule has 0 spiro atoms. The van der Waals surface area contributed by atoms with Gasteiger partial charge in [0, 0.05) is 18.7 Å². The molecule has 1 N–H and O–H groups in total. The van der Waals surface area contributed by atoms with E-state index in [9.17, 15) is 26.8 Å². The van der Waals surface area contributed by atoms with E-state index in [-0.39, 0.29) is 28.6 Å². The number of halogens is 2. The summed E-state index contributed by atoms with van der Waals surface area (Å²) in [5, 5.41) is 2.76. The Morgan fingerprint density at radius 3 is 2.08 bits per heavy atom. The molecule has 0 aromatic heterocycles. The molecule has 0 saturated carbocycles. The summed E-state index contributed by atoms with van der Waals surface area (Å²) in [6, 6.07) is 17.0. The van der Waals surface area contributed by atoms with E-state index in [0.717, 1.165) is 21.3 Å². The highest BCUT2D eigenvalue weighted by atomic mass is 32.2. The molecule has 0 heterocycles. The number of hydrogen-bond donors (Lipinski definition) is 1. The first-order valence-electron chi connectivity index (χ1n) is 12.1. The van der Waals surface area contributed by atoms with Gasteiger partial charge < -0.3 is 10.2 Å². The summed E-state index contributed by atoms with van der Waals surface area (Å²) in [4.78, 5) is 27.7. The molecule has 0 fully saturated rings.